The van der Waals surface area contributed by atoms with Crippen LogP contribution in [-0.4, -0.2) is 36.6 Å². The molecule has 6 nitrogen and oxygen atoms in total. The zero-order valence-corrected chi connectivity index (χ0v) is 16.3. The quantitative estimate of drug-likeness (QED) is 0.736. The lowest BCUT2D eigenvalue weighted by Crippen LogP contribution is -2.27. The Balaban J connectivity index is 2.14. The van der Waals surface area contributed by atoms with Crippen molar-refractivity contribution in [3.8, 4) is 5.75 Å². The lowest BCUT2D eigenvalue weighted by atomic mass is 10.1. The number of benzene rings is 1. The van der Waals surface area contributed by atoms with Crippen molar-refractivity contribution in [2.75, 3.05) is 26.5 Å². The van der Waals surface area contributed by atoms with Crippen LogP contribution in [0.3, 0.4) is 0 Å². The summed E-state index contributed by atoms with van der Waals surface area (Å²) in [4.78, 5) is 18.8. The molecule has 2 N–H and O–H groups in total. The highest BCUT2D eigenvalue weighted by Gasteiger charge is 2.20. The molecule has 136 valence electrons. The molecule has 0 spiro atoms. The van der Waals surface area contributed by atoms with Crippen molar-refractivity contribution in [3.63, 3.8) is 0 Å². The normalized spacial score (nSPS) is 12.0. The predicted octanol–water partition coefficient (Wildman–Crippen LogP) is 3.76. The van der Waals surface area contributed by atoms with E-state index in [4.69, 9.17) is 26.8 Å². The number of amides is 1. The second-order valence-electron chi connectivity index (χ2n) is 5.51. The molecule has 0 radical (unpaired) electrons. The van der Waals surface area contributed by atoms with Crippen LogP contribution >= 0.6 is 22.9 Å². The fourth-order valence-corrected chi connectivity index (χ4v) is 3.31. The number of rotatable bonds is 7. The number of anilines is 1. The van der Waals surface area contributed by atoms with E-state index >= 15 is 0 Å². The number of carbonyl (C=O) groups excluding carboxylic acids is 1. The van der Waals surface area contributed by atoms with Gasteiger partial charge in [-0.1, -0.05) is 11.6 Å². The number of thiazole rings is 1. The first-order chi connectivity index (χ1) is 11.9. The molecule has 1 amide bonds. The van der Waals surface area contributed by atoms with Gasteiger partial charge in [0.2, 0.25) is 0 Å². The van der Waals surface area contributed by atoms with Gasteiger partial charge in [-0.3, -0.25) is 4.79 Å². The molecule has 2 aromatic rings. The van der Waals surface area contributed by atoms with Gasteiger partial charge in [-0.05, 0) is 19.9 Å². The Morgan fingerprint density at radius 1 is 1.48 bits per heavy atom. The number of ether oxygens (including phenoxy) is 2. The minimum atomic E-state index is -0.217. The maximum absolute atomic E-state index is 12.7. The Bertz CT molecular complexity index is 751. The van der Waals surface area contributed by atoms with Gasteiger partial charge >= 0.3 is 0 Å². The van der Waals surface area contributed by atoms with Gasteiger partial charge in [0.15, 0.2) is 0 Å². The number of nitrogens with zero attached hydrogens (tertiary/aromatic N) is 2. The summed E-state index contributed by atoms with van der Waals surface area (Å²) in [5, 5.41) is 3.15. The zero-order valence-electron chi connectivity index (χ0n) is 14.7. The van der Waals surface area contributed by atoms with Gasteiger partial charge in [0, 0.05) is 25.1 Å². The van der Waals surface area contributed by atoms with E-state index in [-0.39, 0.29) is 12.0 Å². The van der Waals surface area contributed by atoms with Crippen LogP contribution in [0.25, 0.3) is 0 Å². The SMILES string of the molecule is CCOC(C)c1nc(CN(C)C(=O)c2cc(Cl)c(N)cc2OC)cs1. The van der Waals surface area contributed by atoms with Crippen LogP contribution in [0, 0.1) is 0 Å². The third-order valence-corrected chi connectivity index (χ3v) is 5.01. The number of halogens is 1. The topological polar surface area (TPSA) is 77.7 Å². The molecule has 0 aliphatic heterocycles. The second kappa shape index (κ2) is 8.51. The standard InChI is InChI=1S/C17H22ClN3O3S/c1-5-24-10(2)16-20-11(9-25-16)8-21(3)17(22)12-6-13(18)14(19)7-15(12)23-4/h6-7,9-10H,5,8,19H2,1-4H3. The highest BCUT2D eigenvalue weighted by Crippen LogP contribution is 2.30. The Hall–Kier alpha value is -1.83. The number of carbonyl (C=O) groups is 1. The lowest BCUT2D eigenvalue weighted by Gasteiger charge is -2.18. The molecule has 25 heavy (non-hydrogen) atoms. The Morgan fingerprint density at radius 2 is 2.20 bits per heavy atom. The third-order valence-electron chi connectivity index (χ3n) is 3.63. The molecule has 1 heterocycles. The van der Waals surface area contributed by atoms with Crippen LogP contribution in [-0.2, 0) is 11.3 Å². The summed E-state index contributed by atoms with van der Waals surface area (Å²) in [6, 6.07) is 3.08. The predicted molar refractivity (Wildman–Crippen MR) is 100 cm³/mol. The average Bonchev–Trinajstić information content (AvgIpc) is 3.05. The fraction of sp³-hybridized carbons (Fsp3) is 0.412. The summed E-state index contributed by atoms with van der Waals surface area (Å²) in [7, 11) is 3.19. The Kier molecular flexibility index (Phi) is 6.64. The van der Waals surface area contributed by atoms with E-state index in [1.807, 2.05) is 19.2 Å². The lowest BCUT2D eigenvalue weighted by molar-refractivity contribution is 0.0755. The summed E-state index contributed by atoms with van der Waals surface area (Å²) in [5.74, 6) is 0.175. The van der Waals surface area contributed by atoms with Gasteiger partial charge in [-0.2, -0.15) is 0 Å². The Labute approximate surface area is 156 Å². The highest BCUT2D eigenvalue weighted by atomic mass is 35.5. The molecular weight excluding hydrogens is 362 g/mol. The summed E-state index contributed by atoms with van der Waals surface area (Å²) in [5.41, 5.74) is 7.30. The monoisotopic (exact) mass is 383 g/mol. The van der Waals surface area contributed by atoms with Crippen molar-refractivity contribution in [1.29, 1.82) is 0 Å². The Morgan fingerprint density at radius 3 is 2.84 bits per heavy atom. The van der Waals surface area contributed by atoms with Crippen LogP contribution in [0.15, 0.2) is 17.5 Å². The summed E-state index contributed by atoms with van der Waals surface area (Å²) >= 11 is 7.57. The molecule has 0 saturated heterocycles. The minimum Gasteiger partial charge on any atom is -0.496 e. The molecule has 2 rings (SSSR count). The van der Waals surface area contributed by atoms with Crippen molar-refractivity contribution in [2.45, 2.75) is 26.5 Å². The molecule has 1 unspecified atom stereocenters. The number of hydrogen-bond donors (Lipinski definition) is 1. The van der Waals surface area contributed by atoms with Crippen LogP contribution < -0.4 is 10.5 Å². The maximum Gasteiger partial charge on any atom is 0.257 e. The smallest absolute Gasteiger partial charge is 0.257 e. The maximum atomic E-state index is 12.7. The van der Waals surface area contributed by atoms with Gasteiger partial charge < -0.3 is 20.1 Å². The van der Waals surface area contributed by atoms with E-state index in [1.54, 1.807) is 18.0 Å². The fourth-order valence-electron chi connectivity index (χ4n) is 2.33. The number of hydrogen-bond acceptors (Lipinski definition) is 6. The molecule has 1 atom stereocenters. The summed E-state index contributed by atoms with van der Waals surface area (Å²) < 4.78 is 10.8. The largest absolute Gasteiger partial charge is 0.496 e. The van der Waals surface area contributed by atoms with E-state index in [0.29, 0.717) is 35.2 Å². The number of nitrogen functional groups attached to an aromatic ring is 1. The average molecular weight is 384 g/mol. The summed E-state index contributed by atoms with van der Waals surface area (Å²) in [6.07, 6.45) is -0.0549. The molecule has 0 aliphatic carbocycles. The molecule has 0 aliphatic rings. The molecule has 1 aromatic carbocycles. The van der Waals surface area contributed by atoms with Crippen LogP contribution in [0.1, 0.15) is 41.0 Å². The first-order valence-corrected chi connectivity index (χ1v) is 9.07. The molecule has 0 bridgehead atoms. The van der Waals surface area contributed by atoms with Crippen molar-refractivity contribution in [1.82, 2.24) is 9.88 Å². The number of nitrogens with two attached hydrogens (primary N) is 1. The molecule has 1 aromatic heterocycles. The van der Waals surface area contributed by atoms with Gasteiger partial charge in [-0.25, -0.2) is 4.98 Å². The van der Waals surface area contributed by atoms with Crippen molar-refractivity contribution >= 4 is 34.5 Å². The zero-order chi connectivity index (χ0) is 18.6. The first kappa shape index (κ1) is 19.5. The van der Waals surface area contributed by atoms with E-state index in [1.165, 1.54) is 24.5 Å². The summed E-state index contributed by atoms with van der Waals surface area (Å²) in [6.45, 7) is 4.91. The van der Waals surface area contributed by atoms with Gasteiger partial charge in [0.25, 0.3) is 5.91 Å². The van der Waals surface area contributed by atoms with Gasteiger partial charge in [0.05, 0.1) is 35.6 Å². The van der Waals surface area contributed by atoms with Crippen molar-refractivity contribution < 1.29 is 14.3 Å². The van der Waals surface area contributed by atoms with Crippen molar-refractivity contribution in [2.24, 2.45) is 0 Å². The number of aromatic nitrogens is 1. The van der Waals surface area contributed by atoms with Crippen molar-refractivity contribution in [3.05, 3.63) is 38.8 Å². The highest BCUT2D eigenvalue weighted by molar-refractivity contribution is 7.09. The van der Waals surface area contributed by atoms with E-state index in [9.17, 15) is 4.79 Å². The molecule has 0 saturated carbocycles. The van der Waals surface area contributed by atoms with Gasteiger partial charge in [-0.15, -0.1) is 11.3 Å². The molecule has 0 fully saturated rings. The van der Waals surface area contributed by atoms with E-state index in [0.717, 1.165) is 10.7 Å². The van der Waals surface area contributed by atoms with Crippen LogP contribution in [0.4, 0.5) is 5.69 Å². The minimum absolute atomic E-state index is 0.0549. The van der Waals surface area contributed by atoms with E-state index < -0.39 is 0 Å². The van der Waals surface area contributed by atoms with E-state index in [2.05, 4.69) is 4.98 Å². The number of methoxy groups -OCH3 is 1. The van der Waals surface area contributed by atoms with Gasteiger partial charge in [0.1, 0.15) is 16.9 Å². The first-order valence-electron chi connectivity index (χ1n) is 7.81. The van der Waals surface area contributed by atoms with Crippen LogP contribution in [0.5, 0.6) is 5.75 Å². The second-order valence-corrected chi connectivity index (χ2v) is 6.81. The van der Waals surface area contributed by atoms with Crippen LogP contribution in [0.2, 0.25) is 5.02 Å². The molecule has 8 heteroatoms. The molecular formula is C17H22ClN3O3S. The third kappa shape index (κ3) is 4.62.